The average molecular weight is 755 g/mol. The largest absolute Gasteiger partial charge is 0.481 e. The van der Waals surface area contributed by atoms with Crippen molar-refractivity contribution in [3.63, 3.8) is 0 Å². The SMILES string of the molecule is CCCCCCCC/C=C\CCCCCCCC(=O)Nc1ccc(C(CNC(=O)C(OCc2ccccc2)C(C)(C)COCc2ccccc2)C(=O)O)cc1. The molecule has 0 bridgehead atoms. The summed E-state index contributed by atoms with van der Waals surface area (Å²) in [7, 11) is 0. The Morgan fingerprint density at radius 3 is 1.84 bits per heavy atom. The van der Waals surface area contributed by atoms with E-state index in [2.05, 4.69) is 29.7 Å². The number of rotatable bonds is 29. The molecular weight excluding hydrogens is 689 g/mol. The van der Waals surface area contributed by atoms with Gasteiger partial charge in [-0.1, -0.05) is 157 Å². The standard InChI is InChI=1S/C47H66N2O6/c1-4-5-6-7-8-9-10-11-12-13-14-15-16-17-24-29-43(50)49-41-32-30-40(31-33-41)42(46(52)53)34-48-45(51)44(55-36-39-27-22-19-23-28-39)47(2,3)37-54-35-38-25-20-18-21-26-38/h11-12,18-23,25-28,30-33,42,44H,4-10,13-17,24,29,34-37H2,1-3H3,(H,48,51)(H,49,50)(H,52,53)/b12-11-. The number of benzene rings is 3. The molecule has 3 N–H and O–H groups in total. The van der Waals surface area contributed by atoms with Crippen LogP contribution in [0.25, 0.3) is 0 Å². The maximum absolute atomic E-state index is 13.7. The molecule has 0 aliphatic carbocycles. The van der Waals surface area contributed by atoms with Gasteiger partial charge in [0.05, 0.1) is 25.7 Å². The van der Waals surface area contributed by atoms with Gasteiger partial charge in [-0.15, -0.1) is 0 Å². The topological polar surface area (TPSA) is 114 Å². The fourth-order valence-corrected chi connectivity index (χ4v) is 6.51. The molecule has 2 unspecified atom stereocenters. The lowest BCUT2D eigenvalue weighted by Gasteiger charge is -2.33. The molecular formula is C47H66N2O6. The summed E-state index contributed by atoms with van der Waals surface area (Å²) in [6, 6.07) is 26.2. The third-order valence-electron chi connectivity index (χ3n) is 9.83. The van der Waals surface area contributed by atoms with Crippen molar-refractivity contribution in [3.05, 3.63) is 114 Å². The lowest BCUT2D eigenvalue weighted by atomic mass is 9.86. The highest BCUT2D eigenvalue weighted by Crippen LogP contribution is 2.27. The van der Waals surface area contributed by atoms with E-state index in [0.29, 0.717) is 24.3 Å². The van der Waals surface area contributed by atoms with E-state index < -0.39 is 29.3 Å². The van der Waals surface area contributed by atoms with Gasteiger partial charge in [0.1, 0.15) is 6.10 Å². The number of hydrogen-bond donors (Lipinski definition) is 3. The van der Waals surface area contributed by atoms with Gasteiger partial charge in [-0.2, -0.15) is 0 Å². The highest BCUT2D eigenvalue weighted by molar-refractivity contribution is 5.90. The summed E-state index contributed by atoms with van der Waals surface area (Å²) >= 11 is 0. The predicted molar refractivity (Wildman–Crippen MR) is 223 cm³/mol. The fraction of sp³-hybridized carbons (Fsp3) is 0.511. The first-order valence-corrected chi connectivity index (χ1v) is 20.5. The maximum Gasteiger partial charge on any atom is 0.312 e. The van der Waals surface area contributed by atoms with Gasteiger partial charge in [-0.05, 0) is 60.9 Å². The van der Waals surface area contributed by atoms with Crippen molar-refractivity contribution in [2.24, 2.45) is 5.41 Å². The van der Waals surface area contributed by atoms with Crippen molar-refractivity contribution in [1.29, 1.82) is 0 Å². The fourth-order valence-electron chi connectivity index (χ4n) is 6.51. The summed E-state index contributed by atoms with van der Waals surface area (Å²) in [4.78, 5) is 38.7. The summed E-state index contributed by atoms with van der Waals surface area (Å²) in [5.41, 5.74) is 2.36. The zero-order chi connectivity index (χ0) is 39.6. The molecule has 0 aromatic heterocycles. The Labute approximate surface area is 330 Å². The summed E-state index contributed by atoms with van der Waals surface area (Å²) < 4.78 is 12.2. The van der Waals surface area contributed by atoms with E-state index in [-0.39, 0.29) is 25.7 Å². The zero-order valence-electron chi connectivity index (χ0n) is 33.6. The number of hydrogen-bond acceptors (Lipinski definition) is 5. The number of unbranched alkanes of at least 4 members (excludes halogenated alkanes) is 11. The first-order chi connectivity index (χ1) is 26.7. The van der Waals surface area contributed by atoms with Crippen molar-refractivity contribution >= 4 is 23.5 Å². The molecule has 0 aliphatic rings. The third kappa shape index (κ3) is 18.8. The molecule has 2 atom stereocenters. The van der Waals surface area contributed by atoms with Crippen LogP contribution in [0.1, 0.15) is 133 Å². The van der Waals surface area contributed by atoms with Crippen molar-refractivity contribution in [2.75, 3.05) is 18.5 Å². The molecule has 0 fully saturated rings. The molecule has 3 rings (SSSR count). The van der Waals surface area contributed by atoms with Gasteiger partial charge in [0.2, 0.25) is 11.8 Å². The molecule has 8 nitrogen and oxygen atoms in total. The zero-order valence-corrected chi connectivity index (χ0v) is 33.6. The van der Waals surface area contributed by atoms with Crippen LogP contribution in [0.5, 0.6) is 0 Å². The minimum absolute atomic E-state index is 0.0515. The first-order valence-electron chi connectivity index (χ1n) is 20.5. The van der Waals surface area contributed by atoms with Crippen LogP contribution in [0.3, 0.4) is 0 Å². The van der Waals surface area contributed by atoms with Crippen LogP contribution in [0, 0.1) is 5.41 Å². The lowest BCUT2D eigenvalue weighted by molar-refractivity contribution is -0.147. The van der Waals surface area contributed by atoms with Crippen LogP contribution < -0.4 is 10.6 Å². The van der Waals surface area contributed by atoms with Crippen LogP contribution in [-0.2, 0) is 37.1 Å². The van der Waals surface area contributed by atoms with E-state index in [9.17, 15) is 19.5 Å². The van der Waals surface area contributed by atoms with Crippen LogP contribution in [0.2, 0.25) is 0 Å². The molecule has 0 aliphatic heterocycles. The number of nitrogens with one attached hydrogen (secondary N) is 2. The molecule has 2 amide bonds. The van der Waals surface area contributed by atoms with Crippen LogP contribution >= 0.6 is 0 Å². The van der Waals surface area contributed by atoms with Gasteiger partial charge in [-0.25, -0.2) is 0 Å². The van der Waals surface area contributed by atoms with Crippen LogP contribution in [0.4, 0.5) is 5.69 Å². The Balaban J connectivity index is 1.42. The van der Waals surface area contributed by atoms with E-state index in [4.69, 9.17) is 9.47 Å². The van der Waals surface area contributed by atoms with E-state index in [1.54, 1.807) is 24.3 Å². The number of carboxylic acids is 1. The van der Waals surface area contributed by atoms with Gasteiger partial charge < -0.3 is 25.2 Å². The van der Waals surface area contributed by atoms with Gasteiger partial charge in [0, 0.05) is 24.1 Å². The highest BCUT2D eigenvalue weighted by Gasteiger charge is 2.37. The first kappa shape index (κ1) is 45.1. The van der Waals surface area contributed by atoms with Gasteiger partial charge in [-0.3, -0.25) is 14.4 Å². The summed E-state index contributed by atoms with van der Waals surface area (Å²) in [6.07, 6.45) is 19.9. The molecule has 55 heavy (non-hydrogen) atoms. The number of allylic oxidation sites excluding steroid dienone is 2. The Morgan fingerprint density at radius 2 is 1.25 bits per heavy atom. The van der Waals surface area contributed by atoms with Crippen molar-refractivity contribution in [2.45, 2.75) is 136 Å². The van der Waals surface area contributed by atoms with Gasteiger partial charge in [0.25, 0.3) is 0 Å². The number of ether oxygens (including phenoxy) is 2. The second-order valence-electron chi connectivity index (χ2n) is 15.3. The quantitative estimate of drug-likeness (QED) is 0.0480. The van der Waals surface area contributed by atoms with E-state index >= 15 is 0 Å². The number of carbonyl (C=O) groups excluding carboxylic acids is 2. The molecule has 0 heterocycles. The maximum atomic E-state index is 13.7. The van der Waals surface area contributed by atoms with Gasteiger partial charge >= 0.3 is 5.97 Å². The predicted octanol–water partition coefficient (Wildman–Crippen LogP) is 10.8. The molecule has 0 saturated carbocycles. The van der Waals surface area contributed by atoms with E-state index in [1.807, 2.05) is 74.5 Å². The highest BCUT2D eigenvalue weighted by atomic mass is 16.5. The monoisotopic (exact) mass is 754 g/mol. The second kappa shape index (κ2) is 26.5. The second-order valence-corrected chi connectivity index (χ2v) is 15.3. The van der Waals surface area contributed by atoms with Crippen LogP contribution in [-0.4, -0.2) is 42.1 Å². The number of carbonyl (C=O) groups is 3. The number of anilines is 1. The van der Waals surface area contributed by atoms with Crippen molar-refractivity contribution in [1.82, 2.24) is 5.32 Å². The molecule has 0 spiro atoms. The number of carboxylic acid groups (broad SMARTS) is 1. The third-order valence-corrected chi connectivity index (χ3v) is 9.83. The average Bonchev–Trinajstić information content (AvgIpc) is 3.17. The molecule has 3 aromatic rings. The van der Waals surface area contributed by atoms with Crippen molar-refractivity contribution < 1.29 is 29.0 Å². The smallest absolute Gasteiger partial charge is 0.312 e. The minimum Gasteiger partial charge on any atom is -0.481 e. The Morgan fingerprint density at radius 1 is 0.709 bits per heavy atom. The van der Waals surface area contributed by atoms with Crippen molar-refractivity contribution in [3.8, 4) is 0 Å². The molecule has 3 aromatic carbocycles. The Kier molecular flexibility index (Phi) is 21.8. The summed E-state index contributed by atoms with van der Waals surface area (Å²) in [5, 5.41) is 15.9. The normalized spacial score (nSPS) is 12.7. The lowest BCUT2D eigenvalue weighted by Crippen LogP contribution is -2.48. The number of amides is 2. The Hall–Kier alpha value is -4.27. The molecule has 0 radical (unpaired) electrons. The van der Waals surface area contributed by atoms with Gasteiger partial charge in [0.15, 0.2) is 0 Å². The Bertz CT molecular complexity index is 1520. The van der Waals surface area contributed by atoms with E-state index in [0.717, 1.165) is 36.8 Å². The summed E-state index contributed by atoms with van der Waals surface area (Å²) in [5.74, 6) is -2.51. The molecule has 0 saturated heterocycles. The summed E-state index contributed by atoms with van der Waals surface area (Å²) in [6.45, 7) is 6.81. The van der Waals surface area contributed by atoms with E-state index in [1.165, 1.54) is 57.8 Å². The minimum atomic E-state index is -1.06. The molecule has 8 heteroatoms. The van der Waals surface area contributed by atoms with Crippen LogP contribution in [0.15, 0.2) is 97.1 Å². The molecule has 300 valence electrons. The number of aliphatic carboxylic acids is 1.